The molecule has 0 bridgehead atoms. The smallest absolute Gasteiger partial charge is 0.304 e. The Kier molecular flexibility index (Phi) is 6.18. The summed E-state index contributed by atoms with van der Waals surface area (Å²) in [6, 6.07) is 0.0637. The number of hydrogen-bond donors (Lipinski definition) is 2. The first-order valence-corrected chi connectivity index (χ1v) is 4.37. The molecule has 0 rings (SSSR count). The maximum atomic E-state index is 10.3. The van der Waals surface area contributed by atoms with Crippen LogP contribution in [0.25, 0.3) is 0 Å². The van der Waals surface area contributed by atoms with Crippen LogP contribution in [0.1, 0.15) is 13.3 Å². The van der Waals surface area contributed by atoms with Crippen LogP contribution in [0.5, 0.6) is 0 Å². The SMILES string of the molecule is C=CCN(CCC(=O)O)CC(C)N. The predicted molar refractivity (Wildman–Crippen MR) is 52.5 cm³/mol. The van der Waals surface area contributed by atoms with Gasteiger partial charge in [0.25, 0.3) is 0 Å². The van der Waals surface area contributed by atoms with Crippen LogP contribution in [-0.2, 0) is 4.79 Å². The van der Waals surface area contributed by atoms with Gasteiger partial charge in [0.1, 0.15) is 0 Å². The minimum Gasteiger partial charge on any atom is -0.481 e. The van der Waals surface area contributed by atoms with Crippen LogP contribution in [0, 0.1) is 0 Å². The highest BCUT2D eigenvalue weighted by atomic mass is 16.4. The summed E-state index contributed by atoms with van der Waals surface area (Å²) in [6.07, 6.45) is 1.91. The van der Waals surface area contributed by atoms with Crippen LogP contribution in [0.15, 0.2) is 12.7 Å². The van der Waals surface area contributed by atoms with E-state index in [-0.39, 0.29) is 12.5 Å². The minimum absolute atomic E-state index is 0.0637. The highest BCUT2D eigenvalue weighted by Gasteiger charge is 2.07. The highest BCUT2D eigenvalue weighted by molar-refractivity contribution is 5.66. The van der Waals surface area contributed by atoms with Crippen molar-refractivity contribution in [2.75, 3.05) is 19.6 Å². The molecule has 3 N–H and O–H groups in total. The van der Waals surface area contributed by atoms with Crippen LogP contribution in [-0.4, -0.2) is 41.7 Å². The van der Waals surface area contributed by atoms with Crippen LogP contribution in [0.2, 0.25) is 0 Å². The van der Waals surface area contributed by atoms with Crippen molar-refractivity contribution in [3.8, 4) is 0 Å². The van der Waals surface area contributed by atoms with Gasteiger partial charge in [0.15, 0.2) is 0 Å². The van der Waals surface area contributed by atoms with Crippen molar-refractivity contribution < 1.29 is 9.90 Å². The molecule has 1 unspecified atom stereocenters. The van der Waals surface area contributed by atoms with Crippen LogP contribution in [0.4, 0.5) is 0 Å². The second-order valence-corrected chi connectivity index (χ2v) is 3.17. The lowest BCUT2D eigenvalue weighted by atomic mass is 10.3. The van der Waals surface area contributed by atoms with Crippen molar-refractivity contribution in [3.05, 3.63) is 12.7 Å². The molecule has 0 aromatic carbocycles. The Labute approximate surface area is 79.0 Å². The topological polar surface area (TPSA) is 66.6 Å². The summed E-state index contributed by atoms with van der Waals surface area (Å²) < 4.78 is 0. The Balaban J connectivity index is 3.79. The van der Waals surface area contributed by atoms with Crippen LogP contribution >= 0.6 is 0 Å². The van der Waals surface area contributed by atoms with E-state index in [4.69, 9.17) is 10.8 Å². The summed E-state index contributed by atoms with van der Waals surface area (Å²) in [5.74, 6) is -0.779. The quantitative estimate of drug-likeness (QED) is 0.561. The maximum absolute atomic E-state index is 10.3. The number of nitrogens with zero attached hydrogens (tertiary/aromatic N) is 1. The van der Waals surface area contributed by atoms with Crippen molar-refractivity contribution in [2.24, 2.45) is 5.73 Å². The molecular formula is C9H18N2O2. The molecule has 0 radical (unpaired) electrons. The normalized spacial score (nSPS) is 12.8. The first kappa shape index (κ1) is 12.1. The summed E-state index contributed by atoms with van der Waals surface area (Å²) in [5.41, 5.74) is 5.61. The standard InChI is InChI=1S/C9H18N2O2/c1-3-5-11(7-8(2)10)6-4-9(12)13/h3,8H,1,4-7,10H2,2H3,(H,12,13). The lowest BCUT2D eigenvalue weighted by molar-refractivity contribution is -0.137. The molecule has 0 saturated carbocycles. The van der Waals surface area contributed by atoms with E-state index in [1.807, 2.05) is 11.8 Å². The first-order valence-electron chi connectivity index (χ1n) is 4.37. The maximum Gasteiger partial charge on any atom is 0.304 e. The van der Waals surface area contributed by atoms with Gasteiger partial charge in [-0.15, -0.1) is 6.58 Å². The molecule has 0 amide bonds. The zero-order valence-corrected chi connectivity index (χ0v) is 8.07. The number of hydrogen-bond acceptors (Lipinski definition) is 3. The van der Waals surface area contributed by atoms with Crippen LogP contribution in [0.3, 0.4) is 0 Å². The third-order valence-electron chi connectivity index (χ3n) is 1.58. The van der Waals surface area contributed by atoms with Gasteiger partial charge in [-0.3, -0.25) is 9.69 Å². The van der Waals surface area contributed by atoms with Gasteiger partial charge in [-0.25, -0.2) is 0 Å². The number of rotatable bonds is 7. The fourth-order valence-electron chi connectivity index (χ4n) is 1.10. The predicted octanol–water partition coefficient (Wildman–Crippen LogP) is 0.296. The highest BCUT2D eigenvalue weighted by Crippen LogP contribution is 1.94. The summed E-state index contributed by atoms with van der Waals surface area (Å²) in [6.45, 7) is 7.43. The third kappa shape index (κ3) is 7.49. The van der Waals surface area contributed by atoms with Gasteiger partial charge in [0.2, 0.25) is 0 Å². The second kappa shape index (κ2) is 6.62. The van der Waals surface area contributed by atoms with E-state index in [1.165, 1.54) is 0 Å². The molecule has 0 saturated heterocycles. The number of carbonyl (C=O) groups is 1. The molecule has 0 aromatic heterocycles. The molecule has 0 spiro atoms. The third-order valence-corrected chi connectivity index (χ3v) is 1.58. The molecule has 4 heteroatoms. The Morgan fingerprint density at radius 2 is 2.38 bits per heavy atom. The van der Waals surface area contributed by atoms with Crippen molar-refractivity contribution in [2.45, 2.75) is 19.4 Å². The van der Waals surface area contributed by atoms with Crippen molar-refractivity contribution in [3.63, 3.8) is 0 Å². The molecule has 0 aromatic rings. The van der Waals surface area contributed by atoms with E-state index < -0.39 is 5.97 Å². The van der Waals surface area contributed by atoms with Crippen molar-refractivity contribution >= 4 is 5.97 Å². The van der Waals surface area contributed by atoms with E-state index in [1.54, 1.807) is 6.08 Å². The van der Waals surface area contributed by atoms with E-state index in [0.29, 0.717) is 19.6 Å². The van der Waals surface area contributed by atoms with Crippen LogP contribution < -0.4 is 5.73 Å². The zero-order valence-electron chi connectivity index (χ0n) is 8.07. The largest absolute Gasteiger partial charge is 0.481 e. The lowest BCUT2D eigenvalue weighted by Gasteiger charge is -2.21. The molecule has 0 aliphatic rings. The molecule has 0 heterocycles. The van der Waals surface area contributed by atoms with E-state index in [2.05, 4.69) is 6.58 Å². The zero-order chi connectivity index (χ0) is 10.3. The number of carboxylic acid groups (broad SMARTS) is 1. The van der Waals surface area contributed by atoms with Gasteiger partial charge >= 0.3 is 5.97 Å². The first-order chi connectivity index (χ1) is 6.06. The summed E-state index contributed by atoms with van der Waals surface area (Å²) in [4.78, 5) is 12.3. The average Bonchev–Trinajstić information content (AvgIpc) is 1.99. The molecule has 0 aliphatic heterocycles. The van der Waals surface area contributed by atoms with Crippen molar-refractivity contribution in [1.29, 1.82) is 0 Å². The second-order valence-electron chi connectivity index (χ2n) is 3.17. The van der Waals surface area contributed by atoms with Gasteiger partial charge in [-0.2, -0.15) is 0 Å². The molecule has 0 fully saturated rings. The summed E-state index contributed by atoms with van der Waals surface area (Å²) in [7, 11) is 0. The Morgan fingerprint density at radius 3 is 2.77 bits per heavy atom. The van der Waals surface area contributed by atoms with Gasteiger partial charge in [0, 0.05) is 25.7 Å². The number of carboxylic acids is 1. The van der Waals surface area contributed by atoms with Crippen molar-refractivity contribution in [1.82, 2.24) is 4.90 Å². The number of nitrogens with two attached hydrogens (primary N) is 1. The molecular weight excluding hydrogens is 168 g/mol. The number of aliphatic carboxylic acids is 1. The van der Waals surface area contributed by atoms with E-state index in [9.17, 15) is 4.79 Å². The van der Waals surface area contributed by atoms with Gasteiger partial charge in [0.05, 0.1) is 6.42 Å². The van der Waals surface area contributed by atoms with E-state index in [0.717, 1.165) is 0 Å². The van der Waals surface area contributed by atoms with Gasteiger partial charge in [-0.1, -0.05) is 6.08 Å². The lowest BCUT2D eigenvalue weighted by Crippen LogP contribution is -2.36. The Bertz CT molecular complexity index is 169. The monoisotopic (exact) mass is 186 g/mol. The van der Waals surface area contributed by atoms with Gasteiger partial charge in [-0.05, 0) is 6.92 Å². The molecule has 76 valence electrons. The Hall–Kier alpha value is -0.870. The molecule has 13 heavy (non-hydrogen) atoms. The summed E-state index contributed by atoms with van der Waals surface area (Å²) in [5, 5.41) is 8.48. The summed E-state index contributed by atoms with van der Waals surface area (Å²) >= 11 is 0. The molecule has 1 atom stereocenters. The fourth-order valence-corrected chi connectivity index (χ4v) is 1.10. The average molecular weight is 186 g/mol. The molecule has 0 aliphatic carbocycles. The van der Waals surface area contributed by atoms with E-state index >= 15 is 0 Å². The molecule has 4 nitrogen and oxygen atoms in total. The minimum atomic E-state index is -0.779. The fraction of sp³-hybridized carbons (Fsp3) is 0.667. The van der Waals surface area contributed by atoms with Gasteiger partial charge < -0.3 is 10.8 Å². The Morgan fingerprint density at radius 1 is 1.77 bits per heavy atom.